The molecule has 1 aliphatic heterocycles. The van der Waals surface area contributed by atoms with Gasteiger partial charge in [0.05, 0.1) is 16.7 Å². The van der Waals surface area contributed by atoms with Gasteiger partial charge < -0.3 is 10.1 Å². The van der Waals surface area contributed by atoms with Gasteiger partial charge in [0, 0.05) is 11.8 Å². The molecule has 0 saturated carbocycles. The molecule has 1 N–H and O–H groups in total. The van der Waals surface area contributed by atoms with Gasteiger partial charge in [-0.15, -0.1) is 0 Å². The Bertz CT molecular complexity index is 1030. The van der Waals surface area contributed by atoms with Gasteiger partial charge in [0.25, 0.3) is 11.6 Å². The van der Waals surface area contributed by atoms with Gasteiger partial charge in [-0.2, -0.15) is 0 Å². The van der Waals surface area contributed by atoms with Crippen LogP contribution in [0.4, 0.5) is 17.1 Å². The lowest BCUT2D eigenvalue weighted by molar-refractivity contribution is -0.384. The highest BCUT2D eigenvalue weighted by Crippen LogP contribution is 2.39. The van der Waals surface area contributed by atoms with Crippen molar-refractivity contribution < 1.29 is 19.2 Å². The molecule has 0 aromatic heterocycles. The molecular weight excluding hydrogens is 398 g/mol. The average molecular weight is 425 g/mol. The van der Waals surface area contributed by atoms with Crippen molar-refractivity contribution in [3.8, 4) is 5.75 Å². The van der Waals surface area contributed by atoms with Crippen LogP contribution in [0.5, 0.6) is 5.75 Å². The normalized spacial score (nSPS) is 16.5. The monoisotopic (exact) mass is 425 g/mol. The van der Waals surface area contributed by atoms with Crippen LogP contribution in [-0.4, -0.2) is 28.9 Å². The minimum Gasteiger partial charge on any atom is -0.478 e. The van der Waals surface area contributed by atoms with Gasteiger partial charge in [-0.1, -0.05) is 39.0 Å². The SMILES string of the molecule is CCc1cccc(C)c1NC(=O)C(C)N1C(=O)C(C(C)C)Oc2cc([N+](=O)[O-])ccc21. The molecule has 31 heavy (non-hydrogen) atoms. The highest BCUT2D eigenvalue weighted by atomic mass is 16.6. The number of nitro benzene ring substituents is 1. The largest absolute Gasteiger partial charge is 0.478 e. The molecule has 0 aliphatic carbocycles. The van der Waals surface area contributed by atoms with Gasteiger partial charge in [-0.25, -0.2) is 0 Å². The van der Waals surface area contributed by atoms with Gasteiger partial charge in [0.1, 0.15) is 6.04 Å². The van der Waals surface area contributed by atoms with Crippen LogP contribution in [0, 0.1) is 23.0 Å². The van der Waals surface area contributed by atoms with E-state index in [2.05, 4.69) is 5.32 Å². The predicted octanol–water partition coefficient (Wildman–Crippen LogP) is 4.24. The lowest BCUT2D eigenvalue weighted by Crippen LogP contribution is -2.55. The molecule has 0 radical (unpaired) electrons. The molecule has 1 heterocycles. The van der Waals surface area contributed by atoms with Crippen molar-refractivity contribution in [1.82, 2.24) is 0 Å². The third-order valence-electron chi connectivity index (χ3n) is 5.51. The van der Waals surface area contributed by atoms with E-state index in [1.54, 1.807) is 6.92 Å². The minimum absolute atomic E-state index is 0.139. The lowest BCUT2D eigenvalue weighted by Gasteiger charge is -2.38. The number of nitrogens with zero attached hydrogens (tertiary/aromatic N) is 2. The number of fused-ring (bicyclic) bond motifs is 1. The van der Waals surface area contributed by atoms with Gasteiger partial charge in [0.15, 0.2) is 11.9 Å². The van der Waals surface area contributed by atoms with Crippen LogP contribution < -0.4 is 15.0 Å². The van der Waals surface area contributed by atoms with E-state index >= 15 is 0 Å². The van der Waals surface area contributed by atoms with Gasteiger partial charge in [0.2, 0.25) is 5.91 Å². The summed E-state index contributed by atoms with van der Waals surface area (Å²) in [7, 11) is 0. The molecule has 0 saturated heterocycles. The Hall–Kier alpha value is -3.42. The maximum atomic E-state index is 13.2. The number of rotatable bonds is 6. The zero-order valence-electron chi connectivity index (χ0n) is 18.3. The Labute approximate surface area is 181 Å². The molecule has 8 heteroatoms. The van der Waals surface area contributed by atoms with Crippen molar-refractivity contribution >= 4 is 28.9 Å². The molecule has 2 aromatic rings. The fourth-order valence-corrected chi connectivity index (χ4v) is 3.72. The number of anilines is 2. The summed E-state index contributed by atoms with van der Waals surface area (Å²) < 4.78 is 5.80. The first-order valence-corrected chi connectivity index (χ1v) is 10.3. The standard InChI is InChI=1S/C23H27N3O5/c1-6-16-9-7-8-14(4)20(16)24-22(27)15(5)25-18-11-10-17(26(29)30)12-19(18)31-21(13(2)3)23(25)28/h7-13,15,21H,6H2,1-5H3,(H,24,27). The number of ether oxygens (including phenoxy) is 1. The summed E-state index contributed by atoms with van der Waals surface area (Å²) in [5, 5.41) is 14.2. The van der Waals surface area contributed by atoms with E-state index in [4.69, 9.17) is 4.74 Å². The first-order valence-electron chi connectivity index (χ1n) is 10.3. The molecule has 2 amide bonds. The highest BCUT2D eigenvalue weighted by Gasteiger charge is 2.41. The van der Waals surface area contributed by atoms with Crippen LogP contribution in [0.15, 0.2) is 36.4 Å². The number of nitrogens with one attached hydrogen (secondary N) is 1. The summed E-state index contributed by atoms with van der Waals surface area (Å²) in [5.41, 5.74) is 2.89. The third-order valence-corrected chi connectivity index (χ3v) is 5.51. The van der Waals surface area contributed by atoms with Crippen LogP contribution >= 0.6 is 0 Å². The number of benzene rings is 2. The summed E-state index contributed by atoms with van der Waals surface area (Å²) in [4.78, 5) is 38.5. The first-order chi connectivity index (χ1) is 14.6. The minimum atomic E-state index is -0.845. The van der Waals surface area contributed by atoms with Crippen LogP contribution in [0.3, 0.4) is 0 Å². The number of carbonyl (C=O) groups excluding carboxylic acids is 2. The number of amides is 2. The summed E-state index contributed by atoms with van der Waals surface area (Å²) >= 11 is 0. The average Bonchev–Trinajstić information content (AvgIpc) is 2.73. The van der Waals surface area contributed by atoms with E-state index in [1.165, 1.54) is 23.1 Å². The lowest BCUT2D eigenvalue weighted by atomic mass is 10.0. The zero-order chi connectivity index (χ0) is 22.9. The maximum Gasteiger partial charge on any atom is 0.273 e. The fourth-order valence-electron chi connectivity index (χ4n) is 3.72. The van der Waals surface area contributed by atoms with Crippen molar-refractivity contribution in [2.24, 2.45) is 5.92 Å². The smallest absolute Gasteiger partial charge is 0.273 e. The molecule has 2 aromatic carbocycles. The molecule has 0 fully saturated rings. The second-order valence-electron chi connectivity index (χ2n) is 8.03. The third kappa shape index (κ3) is 4.23. The summed E-state index contributed by atoms with van der Waals surface area (Å²) in [6.45, 7) is 9.23. The molecule has 2 atom stereocenters. The highest BCUT2D eigenvalue weighted by molar-refractivity contribution is 6.08. The van der Waals surface area contributed by atoms with Gasteiger partial charge in [-0.3, -0.25) is 24.6 Å². The van der Waals surface area contributed by atoms with Gasteiger partial charge >= 0.3 is 0 Å². The predicted molar refractivity (Wildman–Crippen MR) is 118 cm³/mol. The number of para-hydroxylation sites is 1. The second-order valence-corrected chi connectivity index (χ2v) is 8.03. The van der Waals surface area contributed by atoms with Crippen molar-refractivity contribution in [1.29, 1.82) is 0 Å². The number of nitro groups is 1. The van der Waals surface area contributed by atoms with E-state index in [-0.39, 0.29) is 29.2 Å². The quantitative estimate of drug-likeness (QED) is 0.551. The van der Waals surface area contributed by atoms with E-state index in [0.717, 1.165) is 23.2 Å². The van der Waals surface area contributed by atoms with E-state index in [1.807, 2.05) is 45.9 Å². The van der Waals surface area contributed by atoms with Crippen molar-refractivity contribution in [3.05, 3.63) is 57.6 Å². The Morgan fingerprint density at radius 3 is 2.58 bits per heavy atom. The zero-order valence-corrected chi connectivity index (χ0v) is 18.3. The second kappa shape index (κ2) is 8.75. The summed E-state index contributed by atoms with van der Waals surface area (Å²) in [6, 6.07) is 9.03. The molecule has 0 bridgehead atoms. The van der Waals surface area contributed by atoms with E-state index in [0.29, 0.717) is 5.69 Å². The van der Waals surface area contributed by atoms with Crippen molar-refractivity contribution in [2.75, 3.05) is 10.2 Å². The summed E-state index contributed by atoms with van der Waals surface area (Å²) in [5.74, 6) is -0.649. The molecule has 3 rings (SSSR count). The van der Waals surface area contributed by atoms with E-state index < -0.39 is 17.1 Å². The maximum absolute atomic E-state index is 13.2. The number of non-ortho nitro benzene ring substituents is 1. The number of carbonyl (C=O) groups is 2. The molecule has 0 spiro atoms. The molecule has 8 nitrogen and oxygen atoms in total. The van der Waals surface area contributed by atoms with Crippen LogP contribution in [-0.2, 0) is 16.0 Å². The van der Waals surface area contributed by atoms with Crippen molar-refractivity contribution in [3.63, 3.8) is 0 Å². The molecule has 1 aliphatic rings. The number of hydrogen-bond acceptors (Lipinski definition) is 5. The molecule has 2 unspecified atom stereocenters. The number of aryl methyl sites for hydroxylation is 2. The Kier molecular flexibility index (Phi) is 6.29. The van der Waals surface area contributed by atoms with E-state index in [9.17, 15) is 19.7 Å². The summed E-state index contributed by atoms with van der Waals surface area (Å²) in [6.07, 6.45) is -0.0845. The number of hydrogen-bond donors (Lipinski definition) is 1. The Morgan fingerprint density at radius 1 is 1.26 bits per heavy atom. The topological polar surface area (TPSA) is 102 Å². The van der Waals surface area contributed by atoms with Crippen molar-refractivity contribution in [2.45, 2.75) is 53.2 Å². The first kappa shape index (κ1) is 22.3. The van der Waals surface area contributed by atoms with Crippen LogP contribution in [0.1, 0.15) is 38.8 Å². The Morgan fingerprint density at radius 2 is 1.97 bits per heavy atom. The van der Waals surface area contributed by atoms with Crippen LogP contribution in [0.2, 0.25) is 0 Å². The van der Waals surface area contributed by atoms with Gasteiger partial charge in [-0.05, 0) is 43.4 Å². The molecular formula is C23H27N3O5. The Balaban J connectivity index is 1.99. The molecule has 164 valence electrons. The fraction of sp³-hybridized carbons (Fsp3) is 0.391. The van der Waals surface area contributed by atoms with Crippen LogP contribution in [0.25, 0.3) is 0 Å².